The summed E-state index contributed by atoms with van der Waals surface area (Å²) in [5, 5.41) is 11.7. The lowest BCUT2D eigenvalue weighted by molar-refractivity contribution is -0.147. The van der Waals surface area contributed by atoms with E-state index in [4.69, 9.17) is 5.11 Å². The maximum absolute atomic E-state index is 12.0. The first-order valence-corrected chi connectivity index (χ1v) is 7.46. The summed E-state index contributed by atoms with van der Waals surface area (Å²) in [5.41, 5.74) is -0.881. The van der Waals surface area contributed by atoms with Gasteiger partial charge in [0.1, 0.15) is 0 Å². The van der Waals surface area contributed by atoms with Crippen molar-refractivity contribution in [1.29, 1.82) is 0 Å². The van der Waals surface area contributed by atoms with E-state index in [-0.39, 0.29) is 25.0 Å². The monoisotopic (exact) mass is 297 g/mol. The largest absolute Gasteiger partial charge is 0.481 e. The lowest BCUT2D eigenvalue weighted by Crippen LogP contribution is -2.46. The Hall–Kier alpha value is -1.79. The molecule has 0 saturated carbocycles. The first kappa shape index (κ1) is 15.6. The van der Waals surface area contributed by atoms with Gasteiger partial charge in [-0.05, 0) is 32.6 Å². The van der Waals surface area contributed by atoms with Crippen LogP contribution in [0.1, 0.15) is 32.6 Å². The lowest BCUT2D eigenvalue weighted by atomic mass is 9.90. The maximum atomic E-state index is 12.0. The van der Waals surface area contributed by atoms with Gasteiger partial charge in [-0.3, -0.25) is 9.59 Å². The summed E-state index contributed by atoms with van der Waals surface area (Å²) >= 11 is 0. The molecule has 21 heavy (non-hydrogen) atoms. The molecule has 0 aliphatic carbocycles. The summed E-state index contributed by atoms with van der Waals surface area (Å²) in [7, 11) is 0. The van der Waals surface area contributed by atoms with Gasteiger partial charge in [-0.15, -0.1) is 0 Å². The smallest absolute Gasteiger partial charge is 0.317 e. The zero-order valence-corrected chi connectivity index (χ0v) is 12.4. The number of hydrogen-bond acceptors (Lipinski definition) is 3. The van der Waals surface area contributed by atoms with Crippen LogP contribution in [-0.4, -0.2) is 65.5 Å². The SMILES string of the molecule is CC1(C(=O)O)CCN(C(=O)NCC(=O)N2CCCCC2)C1. The second kappa shape index (κ2) is 6.32. The minimum absolute atomic E-state index is 0.0148. The number of hydrogen-bond donors (Lipinski definition) is 2. The standard InChI is InChI=1S/C14H23N3O4/c1-14(12(19)20)5-8-17(10-14)13(21)15-9-11(18)16-6-3-2-4-7-16/h2-10H2,1H3,(H,15,21)(H,19,20). The molecular weight excluding hydrogens is 274 g/mol. The molecule has 1 unspecified atom stereocenters. The van der Waals surface area contributed by atoms with Gasteiger partial charge in [0.2, 0.25) is 5.91 Å². The van der Waals surface area contributed by atoms with Crippen LogP contribution in [0.2, 0.25) is 0 Å². The van der Waals surface area contributed by atoms with Crippen molar-refractivity contribution in [3.05, 3.63) is 0 Å². The third-order valence-electron chi connectivity index (χ3n) is 4.38. The molecule has 2 aliphatic rings. The molecule has 7 nitrogen and oxygen atoms in total. The molecule has 2 rings (SSSR count). The fraction of sp³-hybridized carbons (Fsp3) is 0.786. The van der Waals surface area contributed by atoms with Gasteiger partial charge < -0.3 is 20.2 Å². The first-order chi connectivity index (χ1) is 9.92. The van der Waals surface area contributed by atoms with Crippen LogP contribution in [-0.2, 0) is 9.59 Å². The van der Waals surface area contributed by atoms with Crippen molar-refractivity contribution in [2.45, 2.75) is 32.6 Å². The number of aliphatic carboxylic acids is 1. The highest BCUT2D eigenvalue weighted by Crippen LogP contribution is 2.29. The van der Waals surface area contributed by atoms with Crippen LogP contribution < -0.4 is 5.32 Å². The van der Waals surface area contributed by atoms with E-state index in [2.05, 4.69) is 5.32 Å². The van der Waals surface area contributed by atoms with E-state index >= 15 is 0 Å². The number of carbonyl (C=O) groups is 3. The number of carbonyl (C=O) groups excluding carboxylic acids is 2. The van der Waals surface area contributed by atoms with E-state index in [1.165, 1.54) is 4.90 Å². The molecule has 1 atom stereocenters. The molecule has 2 saturated heterocycles. The van der Waals surface area contributed by atoms with Gasteiger partial charge in [0.25, 0.3) is 0 Å². The zero-order valence-electron chi connectivity index (χ0n) is 12.4. The van der Waals surface area contributed by atoms with Crippen LogP contribution in [0.15, 0.2) is 0 Å². The fourth-order valence-electron chi connectivity index (χ4n) is 2.83. The zero-order chi connectivity index (χ0) is 15.5. The molecule has 3 amide bonds. The van der Waals surface area contributed by atoms with Gasteiger partial charge in [0.15, 0.2) is 0 Å². The molecule has 2 N–H and O–H groups in total. The summed E-state index contributed by atoms with van der Waals surface area (Å²) in [6.45, 7) is 3.74. The van der Waals surface area contributed by atoms with Crippen LogP contribution in [0.5, 0.6) is 0 Å². The molecule has 0 aromatic carbocycles. The average Bonchev–Trinajstić information content (AvgIpc) is 2.89. The summed E-state index contributed by atoms with van der Waals surface area (Å²) in [4.78, 5) is 38.3. The molecule has 0 spiro atoms. The van der Waals surface area contributed by atoms with Crippen molar-refractivity contribution in [3.63, 3.8) is 0 Å². The highest BCUT2D eigenvalue weighted by Gasteiger charge is 2.42. The van der Waals surface area contributed by atoms with Gasteiger partial charge in [0.05, 0.1) is 12.0 Å². The quantitative estimate of drug-likeness (QED) is 0.794. The number of urea groups is 1. The van der Waals surface area contributed by atoms with E-state index in [1.807, 2.05) is 0 Å². The van der Waals surface area contributed by atoms with Crippen LogP contribution in [0.4, 0.5) is 4.79 Å². The van der Waals surface area contributed by atoms with E-state index in [9.17, 15) is 14.4 Å². The van der Waals surface area contributed by atoms with Gasteiger partial charge in [-0.2, -0.15) is 0 Å². The number of amides is 3. The Labute approximate surface area is 124 Å². The summed E-state index contributed by atoms with van der Waals surface area (Å²) < 4.78 is 0. The lowest BCUT2D eigenvalue weighted by Gasteiger charge is -2.27. The first-order valence-electron chi connectivity index (χ1n) is 7.46. The highest BCUT2D eigenvalue weighted by molar-refractivity contribution is 5.85. The van der Waals surface area contributed by atoms with E-state index < -0.39 is 11.4 Å². The molecule has 7 heteroatoms. The number of carboxylic acid groups (broad SMARTS) is 1. The van der Waals surface area contributed by atoms with E-state index in [0.717, 1.165) is 32.4 Å². The van der Waals surface area contributed by atoms with Crippen LogP contribution in [0, 0.1) is 5.41 Å². The van der Waals surface area contributed by atoms with Gasteiger partial charge >= 0.3 is 12.0 Å². The van der Waals surface area contributed by atoms with Crippen LogP contribution >= 0.6 is 0 Å². The minimum atomic E-state index is -0.887. The third kappa shape index (κ3) is 3.65. The number of rotatable bonds is 3. The average molecular weight is 297 g/mol. The number of nitrogens with zero attached hydrogens (tertiary/aromatic N) is 2. The Balaban J connectivity index is 1.77. The predicted octanol–water partition coefficient (Wildman–Crippen LogP) is 0.505. The Bertz CT molecular complexity index is 434. The van der Waals surface area contributed by atoms with Crippen molar-refractivity contribution in [1.82, 2.24) is 15.1 Å². The maximum Gasteiger partial charge on any atom is 0.317 e. The summed E-state index contributed by atoms with van der Waals surface area (Å²) in [6, 6.07) is -0.356. The molecule has 0 aromatic heterocycles. The van der Waals surface area contributed by atoms with E-state index in [0.29, 0.717) is 13.0 Å². The van der Waals surface area contributed by atoms with Crippen molar-refractivity contribution in [3.8, 4) is 0 Å². The number of carboxylic acids is 1. The molecule has 118 valence electrons. The topological polar surface area (TPSA) is 90.0 Å². The van der Waals surface area contributed by atoms with Crippen LogP contribution in [0.25, 0.3) is 0 Å². The number of nitrogens with one attached hydrogen (secondary N) is 1. The second-order valence-corrected chi connectivity index (χ2v) is 6.14. The molecule has 2 heterocycles. The van der Waals surface area contributed by atoms with Crippen molar-refractivity contribution in [2.24, 2.45) is 5.41 Å². The minimum Gasteiger partial charge on any atom is -0.481 e. The molecule has 0 radical (unpaired) electrons. The molecule has 0 aromatic rings. The summed E-state index contributed by atoms with van der Waals surface area (Å²) in [6.07, 6.45) is 3.62. The molecule has 2 fully saturated rings. The van der Waals surface area contributed by atoms with Gasteiger partial charge in [-0.1, -0.05) is 0 Å². The van der Waals surface area contributed by atoms with Crippen molar-refractivity contribution >= 4 is 17.9 Å². The second-order valence-electron chi connectivity index (χ2n) is 6.14. The molecular formula is C14H23N3O4. The van der Waals surface area contributed by atoms with E-state index in [1.54, 1.807) is 11.8 Å². The predicted molar refractivity (Wildman–Crippen MR) is 75.8 cm³/mol. The molecule has 2 aliphatic heterocycles. The molecule has 0 bridgehead atoms. The van der Waals surface area contributed by atoms with Crippen LogP contribution in [0.3, 0.4) is 0 Å². The Morgan fingerprint density at radius 2 is 1.76 bits per heavy atom. The number of likely N-dealkylation sites (tertiary alicyclic amines) is 2. The normalized spacial score (nSPS) is 25.8. The Morgan fingerprint density at radius 1 is 1.10 bits per heavy atom. The van der Waals surface area contributed by atoms with Gasteiger partial charge in [-0.25, -0.2) is 4.79 Å². The third-order valence-corrected chi connectivity index (χ3v) is 4.38. The number of piperidine rings is 1. The van der Waals surface area contributed by atoms with Crippen molar-refractivity contribution < 1.29 is 19.5 Å². The Morgan fingerprint density at radius 3 is 2.33 bits per heavy atom. The fourth-order valence-corrected chi connectivity index (χ4v) is 2.83. The van der Waals surface area contributed by atoms with Gasteiger partial charge in [0, 0.05) is 26.2 Å². The Kier molecular flexibility index (Phi) is 4.69. The highest BCUT2D eigenvalue weighted by atomic mass is 16.4. The summed E-state index contributed by atoms with van der Waals surface area (Å²) in [5.74, 6) is -0.953. The van der Waals surface area contributed by atoms with Crippen molar-refractivity contribution in [2.75, 3.05) is 32.7 Å².